The summed E-state index contributed by atoms with van der Waals surface area (Å²) < 4.78 is 0. The molecule has 0 aromatic heterocycles. The molecule has 0 amide bonds. The van der Waals surface area contributed by atoms with Gasteiger partial charge in [-0.25, -0.2) is 0 Å². The van der Waals surface area contributed by atoms with Crippen LogP contribution in [0.1, 0.15) is 25.3 Å². The zero-order chi connectivity index (χ0) is 12.5. The Hall–Kier alpha value is -1.63. The summed E-state index contributed by atoms with van der Waals surface area (Å²) >= 11 is 0. The maximum atomic E-state index is 12.2. The van der Waals surface area contributed by atoms with Crippen molar-refractivity contribution in [2.45, 2.75) is 26.2 Å². The van der Waals surface area contributed by atoms with Crippen molar-refractivity contribution >= 4 is 16.6 Å². The first kappa shape index (κ1) is 11.5. The van der Waals surface area contributed by atoms with Crippen molar-refractivity contribution in [2.75, 3.05) is 0 Å². The summed E-state index contributed by atoms with van der Waals surface area (Å²) in [6.07, 6.45) is 3.06. The van der Waals surface area contributed by atoms with Crippen LogP contribution in [0.25, 0.3) is 10.8 Å². The molecule has 0 spiro atoms. The highest BCUT2D eigenvalue weighted by atomic mass is 16.1. The van der Waals surface area contributed by atoms with Gasteiger partial charge in [0.25, 0.3) is 0 Å². The third-order valence-electron chi connectivity index (χ3n) is 4.08. The van der Waals surface area contributed by atoms with Crippen LogP contribution in [0.4, 0.5) is 0 Å². The van der Waals surface area contributed by atoms with Crippen LogP contribution in [0.3, 0.4) is 0 Å². The molecule has 1 unspecified atom stereocenters. The molecule has 2 aromatic rings. The molecule has 1 atom stereocenters. The molecule has 0 bridgehead atoms. The molecule has 92 valence electrons. The monoisotopic (exact) mass is 238 g/mol. The van der Waals surface area contributed by atoms with Crippen LogP contribution in [0, 0.1) is 11.8 Å². The summed E-state index contributed by atoms with van der Waals surface area (Å²) in [5.41, 5.74) is 1.17. The Bertz CT molecular complexity index is 576. The molecule has 1 aliphatic carbocycles. The average Bonchev–Trinajstić information content (AvgIpc) is 3.22. The zero-order valence-electron chi connectivity index (χ0n) is 10.7. The summed E-state index contributed by atoms with van der Waals surface area (Å²) in [7, 11) is 0. The van der Waals surface area contributed by atoms with Crippen molar-refractivity contribution in [3.05, 3.63) is 48.0 Å². The standard InChI is InChI=1S/C17H18O/c1-12(13-9-10-13)17(18)11-15-7-4-6-14-5-2-3-8-16(14)15/h2-8,12-13H,9-11H2,1H3. The minimum Gasteiger partial charge on any atom is -0.299 e. The van der Waals surface area contributed by atoms with E-state index in [2.05, 4.69) is 31.2 Å². The first-order valence-corrected chi connectivity index (χ1v) is 6.75. The van der Waals surface area contributed by atoms with E-state index in [1.807, 2.05) is 18.2 Å². The number of Topliss-reactive ketones (excluding diaryl/α,β-unsaturated/α-hetero) is 1. The van der Waals surface area contributed by atoms with Gasteiger partial charge in [0.05, 0.1) is 0 Å². The molecule has 1 nitrogen and oxygen atoms in total. The second-order valence-corrected chi connectivity index (χ2v) is 5.41. The van der Waals surface area contributed by atoms with Gasteiger partial charge in [-0.1, -0.05) is 49.4 Å². The van der Waals surface area contributed by atoms with Gasteiger partial charge in [-0.2, -0.15) is 0 Å². The molecule has 0 radical (unpaired) electrons. The lowest BCUT2D eigenvalue weighted by molar-refractivity contribution is -0.122. The van der Waals surface area contributed by atoms with E-state index in [1.165, 1.54) is 29.2 Å². The van der Waals surface area contributed by atoms with E-state index < -0.39 is 0 Å². The molecule has 3 rings (SSSR count). The summed E-state index contributed by atoms with van der Waals surface area (Å²) in [4.78, 5) is 12.2. The highest BCUT2D eigenvalue weighted by Gasteiger charge is 2.32. The quantitative estimate of drug-likeness (QED) is 0.787. The molecular formula is C17H18O. The lowest BCUT2D eigenvalue weighted by Crippen LogP contribution is -2.15. The Labute approximate surface area is 108 Å². The molecule has 0 N–H and O–H groups in total. The first-order chi connectivity index (χ1) is 8.75. The van der Waals surface area contributed by atoms with Crippen LogP contribution in [0.5, 0.6) is 0 Å². The maximum Gasteiger partial charge on any atom is 0.140 e. The number of hydrogen-bond donors (Lipinski definition) is 0. The van der Waals surface area contributed by atoms with Crippen molar-refractivity contribution in [1.29, 1.82) is 0 Å². The maximum absolute atomic E-state index is 12.2. The SMILES string of the molecule is CC(C(=O)Cc1cccc2ccccc12)C1CC1. The van der Waals surface area contributed by atoms with Crippen LogP contribution in [0.15, 0.2) is 42.5 Å². The fraction of sp³-hybridized carbons (Fsp3) is 0.353. The Morgan fingerprint density at radius 1 is 1.17 bits per heavy atom. The lowest BCUT2D eigenvalue weighted by Gasteiger charge is -2.10. The Morgan fingerprint density at radius 2 is 1.89 bits per heavy atom. The van der Waals surface area contributed by atoms with Gasteiger partial charge < -0.3 is 0 Å². The topological polar surface area (TPSA) is 17.1 Å². The van der Waals surface area contributed by atoms with Crippen molar-refractivity contribution in [3.63, 3.8) is 0 Å². The fourth-order valence-electron chi connectivity index (χ4n) is 2.65. The molecule has 2 aromatic carbocycles. The Balaban J connectivity index is 1.87. The summed E-state index contributed by atoms with van der Waals surface area (Å²) in [5, 5.41) is 2.44. The average molecular weight is 238 g/mol. The number of fused-ring (bicyclic) bond motifs is 1. The second kappa shape index (κ2) is 4.56. The number of hydrogen-bond acceptors (Lipinski definition) is 1. The van der Waals surface area contributed by atoms with Crippen molar-refractivity contribution in [2.24, 2.45) is 11.8 Å². The predicted molar refractivity (Wildman–Crippen MR) is 74.5 cm³/mol. The smallest absolute Gasteiger partial charge is 0.140 e. The summed E-state index contributed by atoms with van der Waals surface area (Å²) in [6.45, 7) is 2.09. The van der Waals surface area contributed by atoms with E-state index in [0.717, 1.165) is 0 Å². The van der Waals surface area contributed by atoms with Crippen LogP contribution >= 0.6 is 0 Å². The van der Waals surface area contributed by atoms with Gasteiger partial charge in [0.1, 0.15) is 5.78 Å². The van der Waals surface area contributed by atoms with Gasteiger partial charge >= 0.3 is 0 Å². The van der Waals surface area contributed by atoms with E-state index in [1.54, 1.807) is 0 Å². The molecule has 0 heterocycles. The lowest BCUT2D eigenvalue weighted by atomic mass is 9.93. The number of benzene rings is 2. The van der Waals surface area contributed by atoms with Crippen LogP contribution in [0.2, 0.25) is 0 Å². The van der Waals surface area contributed by atoms with E-state index in [-0.39, 0.29) is 5.92 Å². The largest absolute Gasteiger partial charge is 0.299 e. The van der Waals surface area contributed by atoms with Gasteiger partial charge in [-0.05, 0) is 35.1 Å². The third kappa shape index (κ3) is 2.17. The molecule has 0 aliphatic heterocycles. The highest BCUT2D eigenvalue weighted by molar-refractivity contribution is 5.91. The molecule has 1 aliphatic rings. The normalized spacial score (nSPS) is 16.7. The van der Waals surface area contributed by atoms with Crippen molar-refractivity contribution < 1.29 is 4.79 Å². The van der Waals surface area contributed by atoms with Crippen LogP contribution < -0.4 is 0 Å². The second-order valence-electron chi connectivity index (χ2n) is 5.41. The Morgan fingerprint density at radius 3 is 2.67 bits per heavy atom. The predicted octanol–water partition coefficient (Wildman–Crippen LogP) is 4.00. The van der Waals surface area contributed by atoms with E-state index in [0.29, 0.717) is 18.1 Å². The zero-order valence-corrected chi connectivity index (χ0v) is 10.7. The van der Waals surface area contributed by atoms with Crippen molar-refractivity contribution in [1.82, 2.24) is 0 Å². The number of ketones is 1. The van der Waals surface area contributed by atoms with E-state index >= 15 is 0 Å². The molecule has 1 saturated carbocycles. The van der Waals surface area contributed by atoms with Gasteiger partial charge in [0.2, 0.25) is 0 Å². The Kier molecular flexibility index (Phi) is 2.91. The van der Waals surface area contributed by atoms with E-state index in [9.17, 15) is 4.79 Å². The minimum absolute atomic E-state index is 0.240. The van der Waals surface area contributed by atoms with Gasteiger partial charge in [0, 0.05) is 12.3 Å². The van der Waals surface area contributed by atoms with Crippen molar-refractivity contribution in [3.8, 4) is 0 Å². The van der Waals surface area contributed by atoms with Gasteiger partial charge in [-0.15, -0.1) is 0 Å². The number of rotatable bonds is 4. The van der Waals surface area contributed by atoms with Gasteiger partial charge in [0.15, 0.2) is 0 Å². The van der Waals surface area contributed by atoms with E-state index in [4.69, 9.17) is 0 Å². The molecule has 1 fully saturated rings. The first-order valence-electron chi connectivity index (χ1n) is 6.75. The fourth-order valence-corrected chi connectivity index (χ4v) is 2.65. The minimum atomic E-state index is 0.240. The number of carbonyl (C=O) groups is 1. The molecule has 1 heteroatoms. The van der Waals surface area contributed by atoms with Crippen LogP contribution in [-0.2, 0) is 11.2 Å². The molecular weight excluding hydrogens is 220 g/mol. The third-order valence-corrected chi connectivity index (χ3v) is 4.08. The summed E-state index contributed by atoms with van der Waals surface area (Å²) in [6, 6.07) is 14.5. The van der Waals surface area contributed by atoms with Crippen LogP contribution in [-0.4, -0.2) is 5.78 Å². The van der Waals surface area contributed by atoms with Gasteiger partial charge in [-0.3, -0.25) is 4.79 Å². The summed E-state index contributed by atoms with van der Waals surface area (Å²) in [5.74, 6) is 1.30. The number of carbonyl (C=O) groups excluding carboxylic acids is 1. The molecule has 18 heavy (non-hydrogen) atoms. The highest BCUT2D eigenvalue weighted by Crippen LogP contribution is 2.37. The molecule has 0 saturated heterocycles.